The van der Waals surface area contributed by atoms with Crippen LogP contribution in [0, 0.1) is 11.7 Å². The molecule has 1 aliphatic heterocycles. The molecule has 2 aromatic rings. The Balaban J connectivity index is 0.00000261. The Bertz CT molecular complexity index is 747. The minimum absolute atomic E-state index is 0. The predicted molar refractivity (Wildman–Crippen MR) is 105 cm³/mol. The quantitative estimate of drug-likeness (QED) is 0.763. The van der Waals surface area contributed by atoms with Crippen molar-refractivity contribution in [3.05, 3.63) is 58.0 Å². The largest absolute Gasteiger partial charge is 0.481 e. The van der Waals surface area contributed by atoms with Gasteiger partial charge in [0, 0.05) is 4.88 Å². The maximum absolute atomic E-state index is 13.2. The average molecular weight is 413 g/mol. The first-order valence-electron chi connectivity index (χ1n) is 8.56. The Kier molecular flexibility index (Phi) is 7.77. The van der Waals surface area contributed by atoms with Crippen molar-refractivity contribution in [3.63, 3.8) is 0 Å². The number of hydrogen-bond acceptors (Lipinski definition) is 4. The molecule has 0 radical (unpaired) electrons. The number of carbonyl (C=O) groups is 2. The van der Waals surface area contributed by atoms with Gasteiger partial charge in [0.1, 0.15) is 5.82 Å². The van der Waals surface area contributed by atoms with Crippen molar-refractivity contribution >= 4 is 35.6 Å². The van der Waals surface area contributed by atoms with Gasteiger partial charge in [-0.05, 0) is 55.1 Å². The zero-order chi connectivity index (χ0) is 18.5. The number of thiophene rings is 1. The molecule has 146 valence electrons. The van der Waals surface area contributed by atoms with Crippen molar-refractivity contribution in [2.45, 2.75) is 18.9 Å². The van der Waals surface area contributed by atoms with Crippen LogP contribution in [0.4, 0.5) is 4.39 Å². The molecule has 27 heavy (non-hydrogen) atoms. The summed E-state index contributed by atoms with van der Waals surface area (Å²) in [7, 11) is 0. The molecular weight excluding hydrogens is 391 g/mol. The summed E-state index contributed by atoms with van der Waals surface area (Å²) in [5.41, 5.74) is 0.826. The van der Waals surface area contributed by atoms with Gasteiger partial charge in [0.05, 0.1) is 18.5 Å². The standard InChI is InChI=1S/C19H21FN2O3S.ClH/c20-15-5-3-13(4-6-15)18(16-2-1-11-26-16)21-17(23)12-22-9-7-14(8-10-22)19(24)25;/h1-6,11,14,18H,7-10,12H2,(H,21,23)(H,24,25);1H. The molecule has 5 nitrogen and oxygen atoms in total. The summed E-state index contributed by atoms with van der Waals surface area (Å²) in [5.74, 6) is -1.51. The number of piperidine rings is 1. The SMILES string of the molecule is Cl.O=C(CN1CCC(C(=O)O)CC1)NC(c1ccc(F)cc1)c1cccs1. The average Bonchev–Trinajstić information content (AvgIpc) is 3.15. The van der Waals surface area contributed by atoms with E-state index in [0.29, 0.717) is 25.9 Å². The van der Waals surface area contributed by atoms with Gasteiger partial charge in [0.15, 0.2) is 0 Å². The third kappa shape index (κ3) is 5.76. The maximum Gasteiger partial charge on any atom is 0.306 e. The molecule has 0 saturated carbocycles. The molecular formula is C19H22ClFN2O3S. The lowest BCUT2D eigenvalue weighted by Gasteiger charge is -2.30. The van der Waals surface area contributed by atoms with E-state index < -0.39 is 5.97 Å². The van der Waals surface area contributed by atoms with Gasteiger partial charge in [-0.1, -0.05) is 18.2 Å². The Morgan fingerprint density at radius 1 is 1.22 bits per heavy atom. The van der Waals surface area contributed by atoms with E-state index in [9.17, 15) is 14.0 Å². The van der Waals surface area contributed by atoms with E-state index in [1.54, 1.807) is 12.1 Å². The first kappa shape index (κ1) is 21.3. The zero-order valence-corrected chi connectivity index (χ0v) is 16.3. The number of nitrogens with zero attached hydrogens (tertiary/aromatic N) is 1. The fraction of sp³-hybridized carbons (Fsp3) is 0.368. The van der Waals surface area contributed by atoms with Crippen LogP contribution in [-0.4, -0.2) is 41.5 Å². The Hall–Kier alpha value is -1.96. The van der Waals surface area contributed by atoms with Gasteiger partial charge in [0.2, 0.25) is 5.91 Å². The zero-order valence-electron chi connectivity index (χ0n) is 14.6. The van der Waals surface area contributed by atoms with Crippen LogP contribution in [0.2, 0.25) is 0 Å². The summed E-state index contributed by atoms with van der Waals surface area (Å²) in [4.78, 5) is 26.5. The van der Waals surface area contributed by atoms with Gasteiger partial charge in [-0.3, -0.25) is 14.5 Å². The van der Waals surface area contributed by atoms with Gasteiger partial charge in [-0.25, -0.2) is 4.39 Å². The number of carboxylic acid groups (broad SMARTS) is 1. The van der Waals surface area contributed by atoms with Gasteiger partial charge in [0.25, 0.3) is 0 Å². The van der Waals surface area contributed by atoms with Crippen molar-refractivity contribution in [3.8, 4) is 0 Å². The molecule has 1 aliphatic rings. The van der Waals surface area contributed by atoms with Crippen molar-refractivity contribution < 1.29 is 19.1 Å². The minimum Gasteiger partial charge on any atom is -0.481 e. The summed E-state index contributed by atoms with van der Waals surface area (Å²) in [6.45, 7) is 1.44. The molecule has 1 saturated heterocycles. The topological polar surface area (TPSA) is 69.6 Å². The van der Waals surface area contributed by atoms with Crippen LogP contribution in [0.3, 0.4) is 0 Å². The van der Waals surface area contributed by atoms with Gasteiger partial charge in [-0.2, -0.15) is 0 Å². The Morgan fingerprint density at radius 3 is 2.44 bits per heavy atom. The third-order valence-electron chi connectivity index (χ3n) is 4.64. The first-order valence-corrected chi connectivity index (χ1v) is 9.44. The van der Waals surface area contributed by atoms with Crippen molar-refractivity contribution in [2.75, 3.05) is 19.6 Å². The van der Waals surface area contributed by atoms with Crippen LogP contribution in [0.5, 0.6) is 0 Å². The molecule has 1 atom stereocenters. The number of aliphatic carboxylic acids is 1. The fourth-order valence-electron chi connectivity index (χ4n) is 3.18. The molecule has 1 fully saturated rings. The fourth-order valence-corrected chi connectivity index (χ4v) is 3.98. The number of nitrogens with one attached hydrogen (secondary N) is 1. The van der Waals surface area contributed by atoms with Gasteiger partial charge < -0.3 is 10.4 Å². The van der Waals surface area contributed by atoms with E-state index in [2.05, 4.69) is 5.32 Å². The normalized spacial score (nSPS) is 16.3. The van der Waals surface area contributed by atoms with E-state index in [1.165, 1.54) is 23.5 Å². The van der Waals surface area contributed by atoms with E-state index in [-0.39, 0.29) is 42.6 Å². The van der Waals surface area contributed by atoms with E-state index >= 15 is 0 Å². The summed E-state index contributed by atoms with van der Waals surface area (Å²) in [6, 6.07) is 9.67. The summed E-state index contributed by atoms with van der Waals surface area (Å²) in [5, 5.41) is 14.0. The highest BCUT2D eigenvalue weighted by Crippen LogP contribution is 2.26. The second-order valence-corrected chi connectivity index (χ2v) is 7.44. The number of carboxylic acids is 1. The smallest absolute Gasteiger partial charge is 0.306 e. The van der Waals surface area contributed by atoms with E-state index in [4.69, 9.17) is 5.11 Å². The molecule has 0 spiro atoms. The predicted octanol–water partition coefficient (Wildman–Crippen LogP) is 3.31. The van der Waals surface area contributed by atoms with Gasteiger partial charge >= 0.3 is 5.97 Å². The molecule has 1 aromatic carbocycles. The first-order chi connectivity index (χ1) is 12.5. The minimum atomic E-state index is -0.761. The number of hydrogen-bond donors (Lipinski definition) is 2. The molecule has 1 amide bonds. The number of likely N-dealkylation sites (tertiary alicyclic amines) is 1. The molecule has 0 aliphatic carbocycles. The summed E-state index contributed by atoms with van der Waals surface area (Å²) >= 11 is 1.53. The van der Waals surface area contributed by atoms with Gasteiger partial charge in [-0.15, -0.1) is 23.7 Å². The highest BCUT2D eigenvalue weighted by atomic mass is 35.5. The van der Waals surface area contributed by atoms with Crippen molar-refractivity contribution in [1.82, 2.24) is 10.2 Å². The maximum atomic E-state index is 13.2. The number of amides is 1. The lowest BCUT2D eigenvalue weighted by atomic mass is 9.97. The molecule has 2 N–H and O–H groups in total. The molecule has 1 aromatic heterocycles. The van der Waals surface area contributed by atoms with E-state index in [1.807, 2.05) is 22.4 Å². The molecule has 0 bridgehead atoms. The van der Waals surface area contributed by atoms with E-state index in [0.717, 1.165) is 10.4 Å². The third-order valence-corrected chi connectivity index (χ3v) is 5.58. The number of carbonyl (C=O) groups excluding carboxylic acids is 1. The number of halogens is 2. The van der Waals surface area contributed by atoms with Crippen LogP contribution in [0.25, 0.3) is 0 Å². The monoisotopic (exact) mass is 412 g/mol. The molecule has 2 heterocycles. The van der Waals surface area contributed by atoms with Crippen molar-refractivity contribution in [1.29, 1.82) is 0 Å². The van der Waals surface area contributed by atoms with Crippen LogP contribution < -0.4 is 5.32 Å². The second-order valence-electron chi connectivity index (χ2n) is 6.46. The number of rotatable bonds is 6. The van der Waals surface area contributed by atoms with Crippen LogP contribution in [0.15, 0.2) is 41.8 Å². The summed E-state index contributed by atoms with van der Waals surface area (Å²) < 4.78 is 13.2. The Labute approximate surface area is 167 Å². The number of benzene rings is 1. The lowest BCUT2D eigenvalue weighted by Crippen LogP contribution is -2.43. The van der Waals surface area contributed by atoms with Crippen LogP contribution in [0.1, 0.15) is 29.3 Å². The Morgan fingerprint density at radius 2 is 1.89 bits per heavy atom. The highest BCUT2D eigenvalue weighted by molar-refractivity contribution is 7.10. The van der Waals surface area contributed by atoms with Crippen LogP contribution in [-0.2, 0) is 9.59 Å². The molecule has 3 rings (SSSR count). The highest BCUT2D eigenvalue weighted by Gasteiger charge is 2.26. The van der Waals surface area contributed by atoms with Crippen molar-refractivity contribution in [2.24, 2.45) is 5.92 Å². The van der Waals surface area contributed by atoms with Crippen LogP contribution >= 0.6 is 23.7 Å². The molecule has 8 heteroatoms. The lowest BCUT2D eigenvalue weighted by molar-refractivity contribution is -0.143. The second kappa shape index (κ2) is 9.82. The summed E-state index contributed by atoms with van der Waals surface area (Å²) in [6.07, 6.45) is 1.13. The molecule has 1 unspecified atom stereocenters.